The van der Waals surface area contributed by atoms with Gasteiger partial charge in [0.05, 0.1) is 0 Å². The van der Waals surface area contributed by atoms with Crippen LogP contribution in [0.2, 0.25) is 0 Å². The maximum atomic E-state index is 5.60. The molecule has 0 fully saturated rings. The molecule has 1 aromatic rings. The van der Waals surface area contributed by atoms with Gasteiger partial charge in [-0.2, -0.15) is 11.8 Å². The van der Waals surface area contributed by atoms with Crippen LogP contribution >= 0.6 is 11.8 Å². The van der Waals surface area contributed by atoms with Gasteiger partial charge in [0, 0.05) is 24.1 Å². The van der Waals surface area contributed by atoms with Gasteiger partial charge >= 0.3 is 0 Å². The van der Waals surface area contributed by atoms with E-state index in [2.05, 4.69) is 31.0 Å². The first-order valence-electron chi connectivity index (χ1n) is 6.63. The monoisotopic (exact) mass is 279 g/mol. The fraction of sp³-hybridized carbons (Fsp3) is 0.467. The SMILES string of the molecule is C=CCSCCNC(C)c1ccc2c(c1)OCCO2. The van der Waals surface area contributed by atoms with Crippen LogP contribution in [0.4, 0.5) is 0 Å². The van der Waals surface area contributed by atoms with Gasteiger partial charge in [0.25, 0.3) is 0 Å². The molecule has 0 saturated heterocycles. The summed E-state index contributed by atoms with van der Waals surface area (Å²) in [6.07, 6.45) is 1.94. The maximum Gasteiger partial charge on any atom is 0.161 e. The van der Waals surface area contributed by atoms with E-state index in [0.717, 1.165) is 29.5 Å². The highest BCUT2D eigenvalue weighted by Crippen LogP contribution is 2.32. The summed E-state index contributed by atoms with van der Waals surface area (Å²) in [5.41, 5.74) is 1.23. The lowest BCUT2D eigenvalue weighted by molar-refractivity contribution is 0.171. The zero-order chi connectivity index (χ0) is 13.5. The van der Waals surface area contributed by atoms with Gasteiger partial charge in [0.15, 0.2) is 11.5 Å². The number of ether oxygens (including phenoxy) is 2. The molecule has 0 amide bonds. The highest BCUT2D eigenvalue weighted by molar-refractivity contribution is 7.99. The first-order chi connectivity index (χ1) is 9.31. The molecule has 1 atom stereocenters. The van der Waals surface area contributed by atoms with Gasteiger partial charge < -0.3 is 14.8 Å². The lowest BCUT2D eigenvalue weighted by Gasteiger charge is -2.21. The van der Waals surface area contributed by atoms with Gasteiger partial charge in [0.2, 0.25) is 0 Å². The molecule has 0 saturated carbocycles. The molecule has 0 spiro atoms. The Morgan fingerprint density at radius 3 is 2.95 bits per heavy atom. The van der Waals surface area contributed by atoms with Crippen molar-refractivity contribution in [1.82, 2.24) is 5.32 Å². The first kappa shape index (κ1) is 14.3. The van der Waals surface area contributed by atoms with E-state index < -0.39 is 0 Å². The summed E-state index contributed by atoms with van der Waals surface area (Å²) in [7, 11) is 0. The predicted molar refractivity (Wildman–Crippen MR) is 81.4 cm³/mol. The van der Waals surface area contributed by atoms with Crippen LogP contribution in [-0.4, -0.2) is 31.3 Å². The molecule has 1 aromatic carbocycles. The molecule has 1 heterocycles. The third kappa shape index (κ3) is 4.18. The van der Waals surface area contributed by atoms with Crippen molar-refractivity contribution in [2.24, 2.45) is 0 Å². The molecule has 4 heteroatoms. The van der Waals surface area contributed by atoms with E-state index in [1.54, 1.807) is 0 Å². The smallest absolute Gasteiger partial charge is 0.161 e. The van der Waals surface area contributed by atoms with Gasteiger partial charge in [-0.1, -0.05) is 12.1 Å². The number of fused-ring (bicyclic) bond motifs is 1. The van der Waals surface area contributed by atoms with E-state index in [4.69, 9.17) is 9.47 Å². The second kappa shape index (κ2) is 7.46. The van der Waals surface area contributed by atoms with Crippen molar-refractivity contribution < 1.29 is 9.47 Å². The summed E-state index contributed by atoms with van der Waals surface area (Å²) in [5.74, 6) is 3.82. The summed E-state index contributed by atoms with van der Waals surface area (Å²) in [5, 5.41) is 3.51. The molecule has 2 rings (SSSR count). The summed E-state index contributed by atoms with van der Waals surface area (Å²) >= 11 is 1.89. The molecule has 0 aromatic heterocycles. The Bertz CT molecular complexity index is 423. The summed E-state index contributed by atoms with van der Waals surface area (Å²) in [4.78, 5) is 0. The highest BCUT2D eigenvalue weighted by Gasteiger charge is 2.13. The molecule has 1 aliphatic rings. The van der Waals surface area contributed by atoms with Crippen LogP contribution in [0.15, 0.2) is 30.9 Å². The van der Waals surface area contributed by atoms with Crippen LogP contribution in [0.25, 0.3) is 0 Å². The summed E-state index contributed by atoms with van der Waals surface area (Å²) in [6, 6.07) is 6.49. The fourth-order valence-corrected chi connectivity index (χ4v) is 2.56. The highest BCUT2D eigenvalue weighted by atomic mass is 32.2. The van der Waals surface area contributed by atoms with Crippen LogP contribution in [0.3, 0.4) is 0 Å². The molecule has 104 valence electrons. The minimum Gasteiger partial charge on any atom is -0.486 e. The van der Waals surface area contributed by atoms with Crippen molar-refractivity contribution in [1.29, 1.82) is 0 Å². The molecular weight excluding hydrogens is 258 g/mol. The molecule has 1 unspecified atom stereocenters. The predicted octanol–water partition coefficient (Wildman–Crippen LogP) is 3.03. The summed E-state index contributed by atoms with van der Waals surface area (Å²) in [6.45, 7) is 8.15. The van der Waals surface area contributed by atoms with Crippen LogP contribution in [-0.2, 0) is 0 Å². The second-order valence-corrected chi connectivity index (χ2v) is 5.59. The Labute approximate surface area is 119 Å². The summed E-state index contributed by atoms with van der Waals surface area (Å²) < 4.78 is 11.1. The van der Waals surface area contributed by atoms with Gasteiger partial charge in [-0.15, -0.1) is 6.58 Å². The van der Waals surface area contributed by atoms with Crippen molar-refractivity contribution in [3.05, 3.63) is 36.4 Å². The molecule has 0 bridgehead atoms. The zero-order valence-corrected chi connectivity index (χ0v) is 12.2. The topological polar surface area (TPSA) is 30.5 Å². The lowest BCUT2D eigenvalue weighted by atomic mass is 10.1. The number of hydrogen-bond acceptors (Lipinski definition) is 4. The van der Waals surface area contributed by atoms with E-state index in [1.165, 1.54) is 5.56 Å². The number of nitrogens with one attached hydrogen (secondary N) is 1. The number of thioether (sulfide) groups is 1. The Morgan fingerprint density at radius 2 is 2.16 bits per heavy atom. The minimum atomic E-state index is 0.320. The third-order valence-corrected chi connectivity index (χ3v) is 3.96. The average Bonchev–Trinajstić information content (AvgIpc) is 2.46. The molecular formula is C15H21NO2S. The van der Waals surface area contributed by atoms with E-state index in [1.807, 2.05) is 23.9 Å². The first-order valence-corrected chi connectivity index (χ1v) is 7.78. The Balaban J connectivity index is 1.85. The van der Waals surface area contributed by atoms with Crippen LogP contribution < -0.4 is 14.8 Å². The van der Waals surface area contributed by atoms with Gasteiger partial charge in [-0.25, -0.2) is 0 Å². The second-order valence-electron chi connectivity index (χ2n) is 4.44. The van der Waals surface area contributed by atoms with Crippen LogP contribution in [0.1, 0.15) is 18.5 Å². The van der Waals surface area contributed by atoms with E-state index in [9.17, 15) is 0 Å². The average molecular weight is 279 g/mol. The molecule has 1 N–H and O–H groups in total. The van der Waals surface area contributed by atoms with Crippen LogP contribution in [0.5, 0.6) is 11.5 Å². The zero-order valence-electron chi connectivity index (χ0n) is 11.4. The Morgan fingerprint density at radius 1 is 1.37 bits per heavy atom. The third-order valence-electron chi connectivity index (χ3n) is 3.00. The normalized spacial score (nSPS) is 15.0. The fourth-order valence-electron chi connectivity index (χ4n) is 1.96. The van der Waals surface area contributed by atoms with E-state index in [0.29, 0.717) is 19.3 Å². The Hall–Kier alpha value is -1.13. The standard InChI is InChI=1S/C15H21NO2S/c1-3-9-19-10-6-16-12(2)13-4-5-14-15(11-13)18-8-7-17-14/h3-5,11-12,16H,1,6-10H2,2H3. The van der Waals surface area contributed by atoms with Crippen molar-refractivity contribution >= 4 is 11.8 Å². The molecule has 19 heavy (non-hydrogen) atoms. The van der Waals surface area contributed by atoms with Gasteiger partial charge in [-0.3, -0.25) is 0 Å². The molecule has 0 aliphatic carbocycles. The minimum absolute atomic E-state index is 0.320. The van der Waals surface area contributed by atoms with Gasteiger partial charge in [0.1, 0.15) is 13.2 Å². The quantitative estimate of drug-likeness (QED) is 0.614. The number of rotatable bonds is 7. The molecule has 3 nitrogen and oxygen atoms in total. The van der Waals surface area contributed by atoms with Crippen molar-refractivity contribution in [3.8, 4) is 11.5 Å². The van der Waals surface area contributed by atoms with E-state index >= 15 is 0 Å². The maximum absolute atomic E-state index is 5.60. The van der Waals surface area contributed by atoms with Crippen molar-refractivity contribution in [3.63, 3.8) is 0 Å². The largest absolute Gasteiger partial charge is 0.486 e. The van der Waals surface area contributed by atoms with Crippen molar-refractivity contribution in [2.45, 2.75) is 13.0 Å². The lowest BCUT2D eigenvalue weighted by Crippen LogP contribution is -2.22. The number of hydrogen-bond donors (Lipinski definition) is 1. The molecule has 1 aliphatic heterocycles. The van der Waals surface area contributed by atoms with E-state index in [-0.39, 0.29) is 0 Å². The van der Waals surface area contributed by atoms with Crippen molar-refractivity contribution in [2.75, 3.05) is 31.3 Å². The molecule has 0 radical (unpaired) electrons. The Kier molecular flexibility index (Phi) is 5.61. The number of benzene rings is 1. The van der Waals surface area contributed by atoms with Gasteiger partial charge in [-0.05, 0) is 24.6 Å². The van der Waals surface area contributed by atoms with Crippen LogP contribution in [0, 0.1) is 0 Å².